The number of amides is 1. The minimum atomic E-state index is -3.47. The molecule has 0 radical (unpaired) electrons. The molecule has 10 heteroatoms. The van der Waals surface area contributed by atoms with Crippen molar-refractivity contribution >= 4 is 38.7 Å². The second kappa shape index (κ2) is 8.08. The van der Waals surface area contributed by atoms with Crippen LogP contribution in [0, 0.1) is 17.0 Å². The van der Waals surface area contributed by atoms with Crippen molar-refractivity contribution in [1.82, 2.24) is 0 Å². The van der Waals surface area contributed by atoms with Crippen LogP contribution < -0.4 is 14.9 Å². The number of hydrogen-bond acceptors (Lipinski definition) is 6. The number of nitro groups is 1. The number of non-ortho nitro benzene ring substituents is 1. The van der Waals surface area contributed by atoms with Gasteiger partial charge in [0.2, 0.25) is 10.0 Å². The van der Waals surface area contributed by atoms with Crippen molar-refractivity contribution in [2.24, 2.45) is 0 Å². The van der Waals surface area contributed by atoms with Crippen LogP contribution in [0.1, 0.15) is 28.8 Å². The summed E-state index contributed by atoms with van der Waals surface area (Å²) in [7, 11) is -3.47. The maximum absolute atomic E-state index is 12.9. The number of aryl methyl sites for hydroxylation is 1. The van der Waals surface area contributed by atoms with Gasteiger partial charge in [0.1, 0.15) is 0 Å². The van der Waals surface area contributed by atoms with Crippen molar-refractivity contribution in [1.29, 1.82) is 0 Å². The van der Waals surface area contributed by atoms with Crippen LogP contribution >= 0.6 is 0 Å². The van der Waals surface area contributed by atoms with E-state index in [4.69, 9.17) is 0 Å². The van der Waals surface area contributed by atoms with E-state index in [1.54, 1.807) is 25.1 Å². The van der Waals surface area contributed by atoms with Crippen molar-refractivity contribution in [2.75, 3.05) is 34.3 Å². The van der Waals surface area contributed by atoms with Gasteiger partial charge in [0.25, 0.3) is 11.6 Å². The lowest BCUT2D eigenvalue weighted by molar-refractivity contribution is -0.384. The molecule has 0 atom stereocenters. The number of nitrogens with zero attached hydrogens (tertiary/aromatic N) is 2. The first-order valence-corrected chi connectivity index (χ1v) is 11.0. The molecular weight excluding hydrogens is 396 g/mol. The normalized spacial score (nSPS) is 13.9. The first-order chi connectivity index (χ1) is 13.6. The van der Waals surface area contributed by atoms with Gasteiger partial charge < -0.3 is 10.2 Å². The Kier molecular flexibility index (Phi) is 5.73. The fraction of sp³-hybridized carbons (Fsp3) is 0.316. The van der Waals surface area contributed by atoms with Gasteiger partial charge in [-0.25, -0.2) is 8.42 Å². The van der Waals surface area contributed by atoms with E-state index < -0.39 is 20.9 Å². The number of hydrogen-bond donors (Lipinski definition) is 2. The van der Waals surface area contributed by atoms with Gasteiger partial charge in [0.05, 0.1) is 28.1 Å². The molecule has 0 spiro atoms. The summed E-state index contributed by atoms with van der Waals surface area (Å²) in [6, 6.07) is 9.11. The summed E-state index contributed by atoms with van der Waals surface area (Å²) < 4.78 is 25.5. The smallest absolute Gasteiger partial charge is 0.270 e. The number of nitro benzene ring substituents is 1. The number of nitrogens with one attached hydrogen (secondary N) is 2. The minimum Gasteiger partial charge on any atom is -0.371 e. The number of rotatable bonds is 6. The molecule has 154 valence electrons. The summed E-state index contributed by atoms with van der Waals surface area (Å²) in [6.45, 7) is 3.31. The van der Waals surface area contributed by atoms with Gasteiger partial charge in [-0.2, -0.15) is 0 Å². The maximum atomic E-state index is 12.9. The first kappa shape index (κ1) is 20.6. The molecule has 1 amide bonds. The lowest BCUT2D eigenvalue weighted by atomic mass is 10.1. The number of sulfonamides is 1. The van der Waals surface area contributed by atoms with Gasteiger partial charge in [0, 0.05) is 30.9 Å². The average molecular weight is 418 g/mol. The first-order valence-electron chi connectivity index (χ1n) is 9.07. The van der Waals surface area contributed by atoms with Crippen molar-refractivity contribution in [3.8, 4) is 0 Å². The zero-order valence-corrected chi connectivity index (χ0v) is 17.0. The molecule has 1 aliphatic heterocycles. The minimum absolute atomic E-state index is 0.165. The molecule has 1 heterocycles. The van der Waals surface area contributed by atoms with Crippen LogP contribution in [0.25, 0.3) is 0 Å². The highest BCUT2D eigenvalue weighted by atomic mass is 32.2. The highest BCUT2D eigenvalue weighted by Gasteiger charge is 2.23. The van der Waals surface area contributed by atoms with Gasteiger partial charge in [-0.05, 0) is 43.5 Å². The molecule has 0 aliphatic carbocycles. The Bertz CT molecular complexity index is 1060. The summed E-state index contributed by atoms with van der Waals surface area (Å²) in [5, 5.41) is 13.9. The van der Waals surface area contributed by atoms with Crippen molar-refractivity contribution in [3.05, 3.63) is 57.6 Å². The monoisotopic (exact) mass is 418 g/mol. The van der Waals surface area contributed by atoms with Crippen LogP contribution in [0.15, 0.2) is 36.4 Å². The van der Waals surface area contributed by atoms with Crippen molar-refractivity contribution in [2.45, 2.75) is 19.8 Å². The molecule has 0 saturated carbocycles. The van der Waals surface area contributed by atoms with Gasteiger partial charge in [0.15, 0.2) is 0 Å². The fourth-order valence-corrected chi connectivity index (χ4v) is 3.88. The number of carbonyl (C=O) groups is 1. The topological polar surface area (TPSA) is 122 Å². The third kappa shape index (κ3) is 5.02. The molecule has 2 aromatic carbocycles. The van der Waals surface area contributed by atoms with E-state index in [2.05, 4.69) is 10.0 Å². The molecule has 0 unspecified atom stereocenters. The molecule has 1 saturated heterocycles. The quantitative estimate of drug-likeness (QED) is 0.549. The van der Waals surface area contributed by atoms with Gasteiger partial charge in [-0.1, -0.05) is 6.07 Å². The molecule has 2 aromatic rings. The Morgan fingerprint density at radius 1 is 1.14 bits per heavy atom. The molecule has 1 aliphatic rings. The van der Waals surface area contributed by atoms with Crippen LogP contribution in [0.5, 0.6) is 0 Å². The van der Waals surface area contributed by atoms with Crippen molar-refractivity contribution < 1.29 is 18.1 Å². The van der Waals surface area contributed by atoms with E-state index in [9.17, 15) is 23.3 Å². The number of carbonyl (C=O) groups excluding carboxylic acids is 1. The number of benzene rings is 2. The molecule has 3 rings (SSSR count). The van der Waals surface area contributed by atoms with Crippen LogP contribution in [0.2, 0.25) is 0 Å². The Morgan fingerprint density at radius 3 is 2.45 bits per heavy atom. The predicted octanol–water partition coefficient (Wildman–Crippen LogP) is 3.13. The Balaban J connectivity index is 1.93. The fourth-order valence-electron chi connectivity index (χ4n) is 3.26. The summed E-state index contributed by atoms with van der Waals surface area (Å²) >= 11 is 0. The zero-order chi connectivity index (χ0) is 21.2. The lowest BCUT2D eigenvalue weighted by Crippen LogP contribution is -2.23. The van der Waals surface area contributed by atoms with Crippen LogP contribution in [-0.4, -0.2) is 38.6 Å². The SMILES string of the molecule is Cc1ccc(NC(=O)c2cc([N+](=O)[O-])ccc2N2CCCC2)cc1NS(C)(=O)=O. The van der Waals surface area contributed by atoms with E-state index in [0.29, 0.717) is 22.6 Å². The molecule has 2 N–H and O–H groups in total. The summed E-state index contributed by atoms with van der Waals surface area (Å²) in [5.41, 5.74) is 2.11. The van der Waals surface area contributed by atoms with Gasteiger partial charge in [-0.15, -0.1) is 0 Å². The molecule has 0 aromatic heterocycles. The maximum Gasteiger partial charge on any atom is 0.270 e. The second-order valence-electron chi connectivity index (χ2n) is 7.01. The largest absolute Gasteiger partial charge is 0.371 e. The van der Waals surface area contributed by atoms with Gasteiger partial charge >= 0.3 is 0 Å². The third-order valence-electron chi connectivity index (χ3n) is 4.67. The van der Waals surface area contributed by atoms with Gasteiger partial charge in [-0.3, -0.25) is 19.6 Å². The standard InChI is InChI=1S/C19H22N4O5S/c1-13-5-6-14(11-17(13)21-29(2,27)28)20-19(24)16-12-15(23(25)26)7-8-18(16)22-9-3-4-10-22/h5-8,11-12,21H,3-4,9-10H2,1-2H3,(H,20,24). The highest BCUT2D eigenvalue weighted by molar-refractivity contribution is 7.92. The molecular formula is C19H22N4O5S. The Morgan fingerprint density at radius 2 is 1.83 bits per heavy atom. The van der Waals surface area contributed by atoms with Crippen LogP contribution in [0.3, 0.4) is 0 Å². The van der Waals surface area contributed by atoms with Crippen LogP contribution in [0.4, 0.5) is 22.7 Å². The lowest BCUT2D eigenvalue weighted by Gasteiger charge is -2.21. The Labute approximate surface area is 168 Å². The van der Waals surface area contributed by atoms with E-state index in [1.165, 1.54) is 18.2 Å². The average Bonchev–Trinajstić information content (AvgIpc) is 3.17. The molecule has 1 fully saturated rings. The predicted molar refractivity (Wildman–Crippen MR) is 112 cm³/mol. The summed E-state index contributed by atoms with van der Waals surface area (Å²) in [5.74, 6) is -0.496. The van der Waals surface area contributed by atoms with Crippen LogP contribution in [-0.2, 0) is 10.0 Å². The third-order valence-corrected chi connectivity index (χ3v) is 5.26. The second-order valence-corrected chi connectivity index (χ2v) is 8.76. The molecule has 29 heavy (non-hydrogen) atoms. The van der Waals surface area contributed by atoms with E-state index >= 15 is 0 Å². The summed E-state index contributed by atoms with van der Waals surface area (Å²) in [6.07, 6.45) is 3.04. The number of anilines is 3. The summed E-state index contributed by atoms with van der Waals surface area (Å²) in [4.78, 5) is 25.6. The van der Waals surface area contributed by atoms with E-state index in [0.717, 1.165) is 32.2 Å². The highest BCUT2D eigenvalue weighted by Crippen LogP contribution is 2.29. The molecule has 9 nitrogen and oxygen atoms in total. The zero-order valence-electron chi connectivity index (χ0n) is 16.1. The van der Waals surface area contributed by atoms with E-state index in [-0.39, 0.29) is 11.3 Å². The van der Waals surface area contributed by atoms with E-state index in [1.807, 2.05) is 4.90 Å². The van der Waals surface area contributed by atoms with Crippen molar-refractivity contribution in [3.63, 3.8) is 0 Å². The molecule has 0 bridgehead atoms. The Hall–Kier alpha value is -3.14.